The Bertz CT molecular complexity index is 1230. The summed E-state index contributed by atoms with van der Waals surface area (Å²) in [6, 6.07) is 24.6. The van der Waals surface area contributed by atoms with E-state index in [1.165, 1.54) is 11.8 Å². The summed E-state index contributed by atoms with van der Waals surface area (Å²) in [7, 11) is 0. The second kappa shape index (κ2) is 10.3. The summed E-state index contributed by atoms with van der Waals surface area (Å²) >= 11 is 5.79. The van der Waals surface area contributed by atoms with E-state index in [-0.39, 0.29) is 6.61 Å². The van der Waals surface area contributed by atoms with E-state index in [1.54, 1.807) is 12.1 Å². The summed E-state index contributed by atoms with van der Waals surface area (Å²) in [6.07, 6.45) is -2.14. The largest absolute Gasteiger partial charge is 0.445 e. The van der Waals surface area contributed by atoms with Crippen molar-refractivity contribution >= 4 is 40.2 Å². The molecule has 34 heavy (non-hydrogen) atoms. The van der Waals surface area contributed by atoms with E-state index < -0.39 is 29.5 Å². The molecule has 0 aliphatic carbocycles. The second-order valence-corrected chi connectivity index (χ2v) is 8.03. The van der Waals surface area contributed by atoms with Gasteiger partial charge in [0, 0.05) is 11.1 Å². The lowest BCUT2D eigenvalue weighted by Gasteiger charge is -2.28. The zero-order chi connectivity index (χ0) is 24.1. The maximum atomic E-state index is 13.6. The highest BCUT2D eigenvalue weighted by Gasteiger charge is 2.37. The Balaban J connectivity index is 1.72. The van der Waals surface area contributed by atoms with E-state index in [2.05, 4.69) is 10.3 Å². The number of nitrogens with one attached hydrogen (secondary N) is 1. The molecule has 172 valence electrons. The fourth-order valence-electron chi connectivity index (χ4n) is 3.69. The van der Waals surface area contributed by atoms with Gasteiger partial charge in [-0.2, -0.15) is 0 Å². The number of halogens is 1. The van der Waals surface area contributed by atoms with Gasteiger partial charge in [0.1, 0.15) is 12.6 Å². The Morgan fingerprint density at radius 1 is 1.00 bits per heavy atom. The van der Waals surface area contributed by atoms with Gasteiger partial charge in [-0.25, -0.2) is 9.79 Å². The highest BCUT2D eigenvalue weighted by Crippen LogP contribution is 2.30. The molecule has 0 fully saturated rings. The molecule has 1 N–H and O–H groups in total. The highest BCUT2D eigenvalue weighted by molar-refractivity contribution is 6.65. The number of aliphatic imine (C=N–C) groups is 1. The van der Waals surface area contributed by atoms with E-state index >= 15 is 0 Å². The molecule has 0 saturated heterocycles. The average Bonchev–Trinajstić information content (AvgIpc) is 2.98. The molecule has 0 aromatic heterocycles. The molecule has 2 unspecified atom stereocenters. The Hall–Kier alpha value is -3.97. The first-order chi connectivity index (χ1) is 16.5. The Kier molecular flexibility index (Phi) is 7.04. The molecule has 1 heterocycles. The quantitative estimate of drug-likeness (QED) is 0.539. The minimum Gasteiger partial charge on any atom is -0.445 e. The van der Waals surface area contributed by atoms with Crippen LogP contribution in [0.5, 0.6) is 0 Å². The smallest absolute Gasteiger partial charge is 0.409 e. The molecule has 1 aliphatic rings. The molecule has 0 radical (unpaired) electrons. The number of amides is 2. The second-order valence-electron chi connectivity index (χ2n) is 7.66. The van der Waals surface area contributed by atoms with Gasteiger partial charge in [-0.3, -0.25) is 19.8 Å². The maximum absolute atomic E-state index is 13.6. The maximum Gasteiger partial charge on any atom is 0.409 e. The van der Waals surface area contributed by atoms with Crippen LogP contribution in [-0.2, 0) is 20.9 Å². The molecule has 0 bridgehead atoms. The number of anilines is 1. The van der Waals surface area contributed by atoms with Crippen LogP contribution in [0.4, 0.5) is 10.5 Å². The van der Waals surface area contributed by atoms with Crippen LogP contribution in [0.3, 0.4) is 0 Å². The standard InChI is InChI=1S/C26H22ClN3O4/c1-17(23(27)31)30-21-15-9-8-14-20(21)22(19-12-6-3-7-13-19)28-24(25(30)32)29-26(33)34-16-18-10-4-2-5-11-18/h2-15,17,24H,16H2,1H3,(H,29,33). The first-order valence-corrected chi connectivity index (χ1v) is 11.1. The summed E-state index contributed by atoms with van der Waals surface area (Å²) in [5.74, 6) is -0.600. The molecule has 0 saturated carbocycles. The van der Waals surface area contributed by atoms with Crippen LogP contribution in [0.1, 0.15) is 23.6 Å². The summed E-state index contributed by atoms with van der Waals surface area (Å²) in [5.41, 5.74) is 3.15. The minimum atomic E-state index is -1.33. The Morgan fingerprint density at radius 2 is 1.62 bits per heavy atom. The van der Waals surface area contributed by atoms with Crippen LogP contribution >= 0.6 is 11.6 Å². The van der Waals surface area contributed by atoms with Crippen LogP contribution < -0.4 is 10.2 Å². The van der Waals surface area contributed by atoms with Crippen molar-refractivity contribution in [2.75, 3.05) is 4.90 Å². The van der Waals surface area contributed by atoms with Gasteiger partial charge < -0.3 is 4.74 Å². The van der Waals surface area contributed by atoms with Gasteiger partial charge >= 0.3 is 6.09 Å². The van der Waals surface area contributed by atoms with Crippen LogP contribution in [0.15, 0.2) is 89.9 Å². The molecule has 3 aromatic rings. The third-order valence-electron chi connectivity index (χ3n) is 5.38. The molecule has 1 aliphatic heterocycles. The monoisotopic (exact) mass is 475 g/mol. The van der Waals surface area contributed by atoms with Crippen molar-refractivity contribution in [1.82, 2.24) is 5.32 Å². The van der Waals surface area contributed by atoms with Gasteiger partial charge in [0.15, 0.2) is 0 Å². The lowest BCUT2D eigenvalue weighted by atomic mass is 10.00. The summed E-state index contributed by atoms with van der Waals surface area (Å²) < 4.78 is 5.30. The van der Waals surface area contributed by atoms with Gasteiger partial charge in [0.2, 0.25) is 11.4 Å². The van der Waals surface area contributed by atoms with Crippen LogP contribution in [0.2, 0.25) is 0 Å². The zero-order valence-electron chi connectivity index (χ0n) is 18.4. The number of alkyl carbamates (subject to hydrolysis) is 1. The average molecular weight is 476 g/mol. The highest BCUT2D eigenvalue weighted by atomic mass is 35.5. The third-order valence-corrected chi connectivity index (χ3v) is 5.69. The Morgan fingerprint density at radius 3 is 2.29 bits per heavy atom. The van der Waals surface area contributed by atoms with Crippen molar-refractivity contribution in [3.63, 3.8) is 0 Å². The topological polar surface area (TPSA) is 88.1 Å². The lowest BCUT2D eigenvalue weighted by molar-refractivity contribution is -0.123. The van der Waals surface area contributed by atoms with Crippen molar-refractivity contribution in [3.8, 4) is 0 Å². The SMILES string of the molecule is CC(C(=O)Cl)N1C(=O)C(NC(=O)OCc2ccccc2)N=C(c2ccccc2)c2ccccc21. The van der Waals surface area contributed by atoms with Gasteiger partial charge in [-0.15, -0.1) is 0 Å². The third kappa shape index (κ3) is 5.00. The van der Waals surface area contributed by atoms with E-state index in [4.69, 9.17) is 16.3 Å². The molecular weight excluding hydrogens is 454 g/mol. The van der Waals surface area contributed by atoms with Crippen LogP contribution in [0.25, 0.3) is 0 Å². The number of nitrogens with zero attached hydrogens (tertiary/aromatic N) is 2. The van der Waals surface area contributed by atoms with Crippen molar-refractivity contribution in [2.24, 2.45) is 4.99 Å². The summed E-state index contributed by atoms with van der Waals surface area (Å²) in [5, 5.41) is 1.83. The van der Waals surface area contributed by atoms with E-state index in [0.29, 0.717) is 17.0 Å². The predicted molar refractivity (Wildman–Crippen MR) is 130 cm³/mol. The van der Waals surface area contributed by atoms with Gasteiger partial charge in [0.05, 0.1) is 11.4 Å². The number of benzene rings is 3. The van der Waals surface area contributed by atoms with E-state index in [9.17, 15) is 14.4 Å². The van der Waals surface area contributed by atoms with Crippen LogP contribution in [0, 0.1) is 0 Å². The first kappa shape index (κ1) is 23.2. The van der Waals surface area contributed by atoms with Crippen molar-refractivity contribution in [2.45, 2.75) is 25.7 Å². The van der Waals surface area contributed by atoms with Gasteiger partial charge in [-0.1, -0.05) is 78.9 Å². The number of rotatable bonds is 6. The number of benzodiazepines with no additional fused rings is 1. The normalized spacial score (nSPS) is 16.1. The Labute approximate surface area is 202 Å². The predicted octanol–water partition coefficient (Wildman–Crippen LogP) is 4.28. The number of para-hydroxylation sites is 1. The molecule has 8 heteroatoms. The number of hydrogen-bond acceptors (Lipinski definition) is 5. The van der Waals surface area contributed by atoms with Crippen molar-refractivity contribution in [3.05, 3.63) is 102 Å². The summed E-state index contributed by atoms with van der Waals surface area (Å²) in [6.45, 7) is 1.56. The molecule has 7 nitrogen and oxygen atoms in total. The van der Waals surface area contributed by atoms with Gasteiger partial charge in [-0.05, 0) is 30.2 Å². The lowest BCUT2D eigenvalue weighted by Crippen LogP contribution is -2.51. The molecular formula is C26H22ClN3O4. The molecule has 4 rings (SSSR count). The molecule has 2 atom stereocenters. The van der Waals surface area contributed by atoms with Gasteiger partial charge in [0.25, 0.3) is 5.91 Å². The molecule has 0 spiro atoms. The molecule has 2 amide bonds. The fraction of sp³-hybridized carbons (Fsp3) is 0.154. The zero-order valence-corrected chi connectivity index (χ0v) is 19.1. The number of fused-ring (bicyclic) bond motifs is 1. The number of ether oxygens (including phenoxy) is 1. The first-order valence-electron chi connectivity index (χ1n) is 10.7. The van der Waals surface area contributed by atoms with Crippen molar-refractivity contribution in [1.29, 1.82) is 0 Å². The van der Waals surface area contributed by atoms with Crippen LogP contribution in [-0.4, -0.2) is 35.2 Å². The number of hydrogen-bond donors (Lipinski definition) is 1. The number of carbonyl (C=O) groups is 3. The minimum absolute atomic E-state index is 0.0311. The van der Waals surface area contributed by atoms with Crippen molar-refractivity contribution < 1.29 is 19.1 Å². The fourth-order valence-corrected chi connectivity index (χ4v) is 3.78. The molecule has 3 aromatic carbocycles. The van der Waals surface area contributed by atoms with E-state index in [1.807, 2.05) is 72.8 Å². The number of carbonyl (C=O) groups excluding carboxylic acids is 3. The van der Waals surface area contributed by atoms with E-state index in [0.717, 1.165) is 11.1 Å². The summed E-state index contributed by atoms with van der Waals surface area (Å²) in [4.78, 5) is 44.1.